The molecule has 1 aliphatic rings. The molecule has 28 heavy (non-hydrogen) atoms. The lowest BCUT2D eigenvalue weighted by Gasteiger charge is -2.29. The summed E-state index contributed by atoms with van der Waals surface area (Å²) in [6.07, 6.45) is 0. The Morgan fingerprint density at radius 1 is 1.21 bits per heavy atom. The van der Waals surface area contributed by atoms with Crippen molar-refractivity contribution in [2.75, 3.05) is 24.6 Å². The molecule has 1 aromatic carbocycles. The van der Waals surface area contributed by atoms with E-state index in [1.165, 1.54) is 16.4 Å². The van der Waals surface area contributed by atoms with Gasteiger partial charge in [0.05, 0.1) is 22.4 Å². The molecule has 1 aromatic heterocycles. The van der Waals surface area contributed by atoms with Crippen LogP contribution in [0.25, 0.3) is 10.9 Å². The maximum absolute atomic E-state index is 12.6. The number of para-hydroxylation sites is 1. The lowest BCUT2D eigenvalue weighted by atomic mass is 10.2. The Hall–Kier alpha value is -2.75. The fourth-order valence-electron chi connectivity index (χ4n) is 3.16. The second-order valence-electron chi connectivity index (χ2n) is 6.83. The first-order valence-electron chi connectivity index (χ1n) is 8.93. The molecule has 3 rings (SSSR count). The van der Waals surface area contributed by atoms with Crippen LogP contribution < -0.4 is 10.9 Å². The predicted molar refractivity (Wildman–Crippen MR) is 104 cm³/mol. The Morgan fingerprint density at radius 2 is 1.86 bits per heavy atom. The molecule has 1 aliphatic heterocycles. The highest BCUT2D eigenvalue weighted by Crippen LogP contribution is 2.08. The van der Waals surface area contributed by atoms with Gasteiger partial charge in [0, 0.05) is 13.1 Å². The van der Waals surface area contributed by atoms with Crippen LogP contribution in [0, 0.1) is 6.92 Å². The van der Waals surface area contributed by atoms with Crippen molar-refractivity contribution in [1.29, 1.82) is 0 Å². The molecule has 1 fully saturated rings. The lowest BCUT2D eigenvalue weighted by molar-refractivity contribution is -0.135. The zero-order valence-electron chi connectivity index (χ0n) is 15.7. The van der Waals surface area contributed by atoms with E-state index in [1.54, 1.807) is 31.2 Å². The van der Waals surface area contributed by atoms with Crippen molar-refractivity contribution < 1.29 is 18.0 Å². The van der Waals surface area contributed by atoms with Crippen LogP contribution in [0.4, 0.5) is 0 Å². The van der Waals surface area contributed by atoms with Gasteiger partial charge in [-0.25, -0.2) is 13.4 Å². The summed E-state index contributed by atoms with van der Waals surface area (Å²) in [5, 5.41) is 3.00. The van der Waals surface area contributed by atoms with E-state index in [0.717, 1.165) is 0 Å². The van der Waals surface area contributed by atoms with Gasteiger partial charge < -0.3 is 10.2 Å². The van der Waals surface area contributed by atoms with E-state index in [4.69, 9.17) is 0 Å². The van der Waals surface area contributed by atoms with Gasteiger partial charge in [0.25, 0.3) is 5.56 Å². The summed E-state index contributed by atoms with van der Waals surface area (Å²) < 4.78 is 24.2. The number of aryl methyl sites for hydroxylation is 1. The number of hydrogen-bond acceptors (Lipinski definition) is 6. The molecule has 9 nitrogen and oxygen atoms in total. The van der Waals surface area contributed by atoms with Crippen LogP contribution in [-0.2, 0) is 26.0 Å². The van der Waals surface area contributed by atoms with Crippen molar-refractivity contribution in [2.45, 2.75) is 26.4 Å². The van der Waals surface area contributed by atoms with Crippen LogP contribution in [0.3, 0.4) is 0 Å². The summed E-state index contributed by atoms with van der Waals surface area (Å²) in [7, 11) is -3.09. The summed E-state index contributed by atoms with van der Waals surface area (Å²) >= 11 is 0. The smallest absolute Gasteiger partial charge is 0.261 e. The van der Waals surface area contributed by atoms with Crippen molar-refractivity contribution in [3.05, 3.63) is 40.4 Å². The standard InChI is InChI=1S/C18H22N4O5S/c1-12(17(24)21-7-9-28(26,27)10-8-21)19-16(23)11-22-13(2)20-15-6-4-3-5-14(15)18(22)25/h3-6,12H,7-11H2,1-2H3,(H,19,23). The number of amides is 2. The fourth-order valence-corrected chi connectivity index (χ4v) is 4.37. The number of nitrogens with one attached hydrogen (secondary N) is 1. The van der Waals surface area contributed by atoms with Crippen LogP contribution >= 0.6 is 0 Å². The van der Waals surface area contributed by atoms with E-state index in [2.05, 4.69) is 10.3 Å². The molecule has 2 heterocycles. The number of hydrogen-bond donors (Lipinski definition) is 1. The summed E-state index contributed by atoms with van der Waals surface area (Å²) in [6.45, 7) is 3.17. The molecular weight excluding hydrogens is 384 g/mol. The molecule has 0 radical (unpaired) electrons. The molecule has 2 aromatic rings. The van der Waals surface area contributed by atoms with E-state index >= 15 is 0 Å². The summed E-state index contributed by atoms with van der Waals surface area (Å²) in [4.78, 5) is 43.2. The van der Waals surface area contributed by atoms with Crippen molar-refractivity contribution in [3.63, 3.8) is 0 Å². The second-order valence-corrected chi connectivity index (χ2v) is 9.14. The molecule has 0 spiro atoms. The zero-order valence-corrected chi connectivity index (χ0v) is 16.5. The molecule has 0 aliphatic carbocycles. The van der Waals surface area contributed by atoms with Gasteiger partial charge in [-0.2, -0.15) is 0 Å². The minimum atomic E-state index is -3.09. The van der Waals surface area contributed by atoms with Gasteiger partial charge in [0.1, 0.15) is 18.4 Å². The fraction of sp³-hybridized carbons (Fsp3) is 0.444. The number of rotatable bonds is 4. The molecule has 0 bridgehead atoms. The maximum Gasteiger partial charge on any atom is 0.261 e. The van der Waals surface area contributed by atoms with E-state index in [9.17, 15) is 22.8 Å². The summed E-state index contributed by atoms with van der Waals surface area (Å²) in [6, 6.07) is 6.07. The van der Waals surface area contributed by atoms with Crippen LogP contribution in [-0.4, -0.2) is 65.3 Å². The normalized spacial score (nSPS) is 17.3. The number of nitrogens with zero attached hydrogens (tertiary/aromatic N) is 3. The first kappa shape index (κ1) is 20.0. The van der Waals surface area contributed by atoms with E-state index < -0.39 is 21.8 Å². The molecule has 150 valence electrons. The average molecular weight is 406 g/mol. The number of aromatic nitrogens is 2. The molecular formula is C18H22N4O5S. The van der Waals surface area contributed by atoms with Gasteiger partial charge in [-0.1, -0.05) is 12.1 Å². The van der Waals surface area contributed by atoms with E-state index in [0.29, 0.717) is 16.7 Å². The molecule has 1 saturated heterocycles. The first-order valence-corrected chi connectivity index (χ1v) is 10.7. The molecule has 0 saturated carbocycles. The monoisotopic (exact) mass is 406 g/mol. The quantitative estimate of drug-likeness (QED) is 0.729. The second kappa shape index (κ2) is 7.70. The lowest BCUT2D eigenvalue weighted by Crippen LogP contribution is -2.52. The molecule has 2 amide bonds. The molecule has 1 N–H and O–H groups in total. The Labute approximate surface area is 162 Å². The minimum Gasteiger partial charge on any atom is -0.343 e. The van der Waals surface area contributed by atoms with Crippen molar-refractivity contribution in [1.82, 2.24) is 19.8 Å². The van der Waals surface area contributed by atoms with Crippen LogP contribution in [0.15, 0.2) is 29.1 Å². The van der Waals surface area contributed by atoms with E-state index in [1.807, 2.05) is 0 Å². The van der Waals surface area contributed by atoms with Gasteiger partial charge in [-0.15, -0.1) is 0 Å². The van der Waals surface area contributed by atoms with Gasteiger partial charge in [0.15, 0.2) is 9.84 Å². The highest BCUT2D eigenvalue weighted by molar-refractivity contribution is 7.91. The SMILES string of the molecule is Cc1nc2ccccc2c(=O)n1CC(=O)NC(C)C(=O)N1CCS(=O)(=O)CC1. The first-order chi connectivity index (χ1) is 13.2. The third-order valence-electron chi connectivity index (χ3n) is 4.76. The van der Waals surface area contributed by atoms with Crippen LogP contribution in [0.5, 0.6) is 0 Å². The number of carbonyl (C=O) groups is 2. The number of benzene rings is 1. The van der Waals surface area contributed by atoms with Crippen LogP contribution in [0.2, 0.25) is 0 Å². The summed E-state index contributed by atoms with van der Waals surface area (Å²) in [5.41, 5.74) is 0.240. The Morgan fingerprint density at radius 3 is 2.54 bits per heavy atom. The Bertz CT molecular complexity index is 1080. The average Bonchev–Trinajstić information content (AvgIpc) is 2.64. The third-order valence-corrected chi connectivity index (χ3v) is 6.37. The van der Waals surface area contributed by atoms with Crippen molar-refractivity contribution in [3.8, 4) is 0 Å². The van der Waals surface area contributed by atoms with Gasteiger partial charge in [0.2, 0.25) is 11.8 Å². The summed E-state index contributed by atoms with van der Waals surface area (Å²) in [5.74, 6) is -0.580. The van der Waals surface area contributed by atoms with Gasteiger partial charge in [-0.3, -0.25) is 19.0 Å². The van der Waals surface area contributed by atoms with Crippen molar-refractivity contribution >= 4 is 32.6 Å². The molecule has 1 atom stereocenters. The molecule has 10 heteroatoms. The minimum absolute atomic E-state index is 0.0727. The van der Waals surface area contributed by atoms with Gasteiger partial charge >= 0.3 is 0 Å². The van der Waals surface area contributed by atoms with Gasteiger partial charge in [-0.05, 0) is 26.0 Å². The zero-order chi connectivity index (χ0) is 20.5. The Kier molecular flexibility index (Phi) is 5.50. The third kappa shape index (κ3) is 4.22. The number of carbonyl (C=O) groups excluding carboxylic acids is 2. The van der Waals surface area contributed by atoms with E-state index in [-0.39, 0.29) is 42.6 Å². The largest absolute Gasteiger partial charge is 0.343 e. The van der Waals surface area contributed by atoms with Crippen LogP contribution in [0.1, 0.15) is 12.7 Å². The predicted octanol–water partition coefficient (Wildman–Crippen LogP) is -0.533. The number of fused-ring (bicyclic) bond motifs is 1. The van der Waals surface area contributed by atoms with Crippen molar-refractivity contribution in [2.24, 2.45) is 0 Å². The topological polar surface area (TPSA) is 118 Å². The highest BCUT2D eigenvalue weighted by Gasteiger charge is 2.28. The maximum atomic E-state index is 12.6. The molecule has 1 unspecified atom stereocenters. The Balaban J connectivity index is 1.68. The number of sulfone groups is 1. The highest BCUT2D eigenvalue weighted by atomic mass is 32.2.